The van der Waals surface area contributed by atoms with Crippen LogP contribution in [0.5, 0.6) is 0 Å². The molecule has 0 aliphatic heterocycles. The molecule has 0 saturated carbocycles. The third-order valence-electron chi connectivity index (χ3n) is 3.73. The average molecular weight is 322 g/mol. The third kappa shape index (κ3) is 18.2. The summed E-state index contributed by atoms with van der Waals surface area (Å²) < 4.78 is 12.7. The Labute approximate surface area is 158 Å². The monoisotopic (exact) mass is 322 g/mol. The number of halogens is 1. The van der Waals surface area contributed by atoms with Crippen molar-refractivity contribution in [2.45, 2.75) is 96.6 Å². The van der Waals surface area contributed by atoms with E-state index in [1.807, 2.05) is 0 Å². The van der Waals surface area contributed by atoms with Crippen molar-refractivity contribution in [1.29, 1.82) is 0 Å². The molecular formula is C18H32FNaO2. The van der Waals surface area contributed by atoms with Crippen LogP contribution in [0.1, 0.15) is 90.4 Å². The molecule has 0 spiro atoms. The minimum atomic E-state index is -1.79. The molecule has 0 aromatic carbocycles. The van der Waals surface area contributed by atoms with Crippen LogP contribution in [0, 0.1) is 0 Å². The summed E-state index contributed by atoms with van der Waals surface area (Å²) in [6.45, 7) is 2.24. The summed E-state index contributed by atoms with van der Waals surface area (Å²) in [5.41, 5.74) is 0. The Morgan fingerprint density at radius 3 is 1.86 bits per heavy atom. The fraction of sp³-hybridized carbons (Fsp3) is 0.833. The van der Waals surface area contributed by atoms with Crippen molar-refractivity contribution in [1.82, 2.24) is 0 Å². The van der Waals surface area contributed by atoms with Crippen LogP contribution in [-0.4, -0.2) is 12.1 Å². The number of unbranched alkanes of at least 4 members (excludes halogenated alkanes) is 10. The topological polar surface area (TPSA) is 40.1 Å². The SMILES string of the molecule is CCCCCCCC/C=C\CCCCCCC(F)C(=O)[O-].[Na+]. The van der Waals surface area contributed by atoms with Crippen molar-refractivity contribution in [3.8, 4) is 0 Å². The van der Waals surface area contributed by atoms with E-state index in [1.165, 1.54) is 44.9 Å². The Kier molecular flexibility index (Phi) is 21.3. The van der Waals surface area contributed by atoms with Gasteiger partial charge in [-0.25, -0.2) is 4.39 Å². The van der Waals surface area contributed by atoms with Crippen molar-refractivity contribution < 1.29 is 43.8 Å². The standard InChI is InChI=1S/C18H33FO2.Na/c1-2-3-4-5-6-7-8-9-10-11-12-13-14-15-16-17(19)18(20)21;/h9-10,17H,2-8,11-16H2,1H3,(H,20,21);/q;+1/p-1/b10-9-;. The van der Waals surface area contributed by atoms with Gasteiger partial charge >= 0.3 is 29.6 Å². The second kappa shape index (κ2) is 19.2. The van der Waals surface area contributed by atoms with E-state index in [0.717, 1.165) is 25.7 Å². The molecule has 0 aliphatic carbocycles. The van der Waals surface area contributed by atoms with E-state index < -0.39 is 12.1 Å². The number of rotatable bonds is 15. The zero-order valence-corrected chi connectivity index (χ0v) is 16.6. The molecule has 0 heterocycles. The Balaban J connectivity index is 0. The Bertz CT molecular complexity index is 270. The van der Waals surface area contributed by atoms with Crippen LogP contribution in [0.3, 0.4) is 0 Å². The van der Waals surface area contributed by atoms with Gasteiger partial charge in [0.1, 0.15) is 6.17 Å². The molecule has 0 bridgehead atoms. The molecular weight excluding hydrogens is 290 g/mol. The number of alkyl halides is 1. The first-order chi connectivity index (χ1) is 10.2. The minimum absolute atomic E-state index is 0. The predicted molar refractivity (Wildman–Crippen MR) is 84.7 cm³/mol. The van der Waals surface area contributed by atoms with Gasteiger partial charge in [-0.05, 0) is 32.1 Å². The van der Waals surface area contributed by atoms with Crippen LogP contribution in [0.4, 0.5) is 4.39 Å². The number of carbonyl (C=O) groups excluding carboxylic acids is 1. The number of aliphatic carboxylic acids is 1. The molecule has 22 heavy (non-hydrogen) atoms. The molecule has 0 fully saturated rings. The predicted octanol–water partition coefficient (Wildman–Crippen LogP) is 1.73. The van der Waals surface area contributed by atoms with Gasteiger partial charge in [0.15, 0.2) is 0 Å². The number of carboxylic acids is 1. The maximum absolute atomic E-state index is 12.7. The molecule has 0 N–H and O–H groups in total. The third-order valence-corrected chi connectivity index (χ3v) is 3.73. The molecule has 124 valence electrons. The smallest absolute Gasteiger partial charge is 0.547 e. The van der Waals surface area contributed by atoms with E-state index in [2.05, 4.69) is 19.1 Å². The molecule has 0 aromatic heterocycles. The van der Waals surface area contributed by atoms with E-state index in [9.17, 15) is 14.3 Å². The fourth-order valence-corrected chi connectivity index (χ4v) is 2.34. The molecule has 0 aromatic rings. The summed E-state index contributed by atoms with van der Waals surface area (Å²) in [5, 5.41) is 10.2. The van der Waals surface area contributed by atoms with Gasteiger partial charge in [0.05, 0.1) is 5.97 Å². The van der Waals surface area contributed by atoms with E-state index >= 15 is 0 Å². The Morgan fingerprint density at radius 1 is 0.909 bits per heavy atom. The quantitative estimate of drug-likeness (QED) is 0.262. The van der Waals surface area contributed by atoms with Gasteiger partial charge in [-0.2, -0.15) is 0 Å². The summed E-state index contributed by atoms with van der Waals surface area (Å²) in [5.74, 6) is -1.58. The fourth-order valence-electron chi connectivity index (χ4n) is 2.34. The van der Waals surface area contributed by atoms with Gasteiger partial charge in [0.25, 0.3) is 0 Å². The minimum Gasteiger partial charge on any atom is -0.547 e. The van der Waals surface area contributed by atoms with Crippen LogP contribution in [0.25, 0.3) is 0 Å². The van der Waals surface area contributed by atoms with Gasteiger partial charge in [0.2, 0.25) is 0 Å². The molecule has 0 rings (SSSR count). The van der Waals surface area contributed by atoms with E-state index in [0.29, 0.717) is 6.42 Å². The second-order valence-corrected chi connectivity index (χ2v) is 5.81. The molecule has 2 nitrogen and oxygen atoms in total. The molecule has 0 aliphatic rings. The largest absolute Gasteiger partial charge is 1.00 e. The molecule has 0 amide bonds. The summed E-state index contributed by atoms with van der Waals surface area (Å²) >= 11 is 0. The summed E-state index contributed by atoms with van der Waals surface area (Å²) in [7, 11) is 0. The summed E-state index contributed by atoms with van der Waals surface area (Å²) in [6, 6.07) is 0. The Morgan fingerprint density at radius 2 is 1.36 bits per heavy atom. The number of carbonyl (C=O) groups is 1. The van der Waals surface area contributed by atoms with Crippen molar-refractivity contribution in [2.75, 3.05) is 0 Å². The van der Waals surface area contributed by atoms with E-state index in [1.54, 1.807) is 0 Å². The zero-order valence-electron chi connectivity index (χ0n) is 14.6. The van der Waals surface area contributed by atoms with Crippen LogP contribution >= 0.6 is 0 Å². The van der Waals surface area contributed by atoms with Gasteiger partial charge < -0.3 is 9.90 Å². The Hall–Kier alpha value is 0.140. The molecule has 0 saturated heterocycles. The normalized spacial score (nSPS) is 12.3. The van der Waals surface area contributed by atoms with Crippen LogP contribution in [0.15, 0.2) is 12.2 Å². The zero-order chi connectivity index (χ0) is 15.8. The molecule has 1 atom stereocenters. The van der Waals surface area contributed by atoms with Crippen molar-refractivity contribution in [2.24, 2.45) is 0 Å². The first-order valence-corrected chi connectivity index (χ1v) is 8.68. The number of hydrogen-bond acceptors (Lipinski definition) is 2. The maximum Gasteiger partial charge on any atom is 1.00 e. The van der Waals surface area contributed by atoms with Gasteiger partial charge in [-0.1, -0.05) is 70.4 Å². The van der Waals surface area contributed by atoms with Crippen LogP contribution in [-0.2, 0) is 4.79 Å². The summed E-state index contributed by atoms with van der Waals surface area (Å²) in [6.07, 6.45) is 16.8. The number of allylic oxidation sites excluding steroid dienone is 2. The van der Waals surface area contributed by atoms with Crippen molar-refractivity contribution in [3.05, 3.63) is 12.2 Å². The van der Waals surface area contributed by atoms with Crippen molar-refractivity contribution in [3.63, 3.8) is 0 Å². The first-order valence-electron chi connectivity index (χ1n) is 8.68. The van der Waals surface area contributed by atoms with Crippen molar-refractivity contribution >= 4 is 5.97 Å². The van der Waals surface area contributed by atoms with Crippen LogP contribution < -0.4 is 34.7 Å². The second-order valence-electron chi connectivity index (χ2n) is 5.81. The van der Waals surface area contributed by atoms with E-state index in [4.69, 9.17) is 0 Å². The number of hydrogen-bond donors (Lipinski definition) is 0. The van der Waals surface area contributed by atoms with Gasteiger partial charge in [-0.15, -0.1) is 0 Å². The van der Waals surface area contributed by atoms with Gasteiger partial charge in [-0.3, -0.25) is 0 Å². The number of carboxylic acid groups (broad SMARTS) is 1. The molecule has 0 radical (unpaired) electrons. The molecule has 1 unspecified atom stereocenters. The van der Waals surface area contributed by atoms with Crippen LogP contribution in [0.2, 0.25) is 0 Å². The molecule has 4 heteroatoms. The maximum atomic E-state index is 12.7. The average Bonchev–Trinajstić information content (AvgIpc) is 2.47. The summed E-state index contributed by atoms with van der Waals surface area (Å²) in [4.78, 5) is 10.2. The first kappa shape index (κ1) is 24.4. The van der Waals surface area contributed by atoms with Gasteiger partial charge in [0, 0.05) is 0 Å². The van der Waals surface area contributed by atoms with E-state index in [-0.39, 0.29) is 36.0 Å².